The maximum atomic E-state index is 14.0. The van der Waals surface area contributed by atoms with Gasteiger partial charge in [0.2, 0.25) is 15.9 Å². The number of hydrogen-bond donors (Lipinski definition) is 0. The highest BCUT2D eigenvalue weighted by Gasteiger charge is 2.35. The maximum absolute atomic E-state index is 14.0. The number of hydrogen-bond acceptors (Lipinski definition) is 7. The van der Waals surface area contributed by atoms with Crippen molar-refractivity contribution in [1.29, 1.82) is 0 Å². The maximum Gasteiger partial charge on any atom is 0.243 e. The summed E-state index contributed by atoms with van der Waals surface area (Å²) < 4.78 is 34.1. The number of nitrogens with zero attached hydrogens (tertiary/aromatic N) is 4. The summed E-state index contributed by atoms with van der Waals surface area (Å²) >= 11 is 1.51. The molecule has 0 atom stereocenters. The van der Waals surface area contributed by atoms with E-state index in [0.29, 0.717) is 36.2 Å². The third-order valence-electron chi connectivity index (χ3n) is 7.12. The summed E-state index contributed by atoms with van der Waals surface area (Å²) in [5, 5.41) is 0.653. The van der Waals surface area contributed by atoms with Crippen molar-refractivity contribution in [3.8, 4) is 5.75 Å². The number of sulfonamides is 1. The van der Waals surface area contributed by atoms with E-state index in [1.807, 2.05) is 24.3 Å². The number of piperidine rings is 1. The Bertz CT molecular complexity index is 1550. The second-order valence-corrected chi connectivity index (χ2v) is 12.9. The molecule has 3 heterocycles. The Hall–Kier alpha value is -3.34. The van der Waals surface area contributed by atoms with E-state index in [1.165, 1.54) is 15.6 Å². The SMILES string of the molecule is COc1ccc(S(=O)(=O)N2CCC(C(=O)N(Cc3cccnc3)c3nc4c(C(C)C)cccc4s3)CC2)cc1. The number of rotatable bonds is 8. The number of fused-ring (bicyclic) bond motifs is 1. The number of methoxy groups -OCH3 is 1. The van der Waals surface area contributed by atoms with Gasteiger partial charge in [0, 0.05) is 31.4 Å². The smallest absolute Gasteiger partial charge is 0.243 e. The van der Waals surface area contributed by atoms with Gasteiger partial charge in [-0.05, 0) is 66.3 Å². The number of carbonyl (C=O) groups excluding carboxylic acids is 1. The predicted molar refractivity (Wildman–Crippen MR) is 154 cm³/mol. The van der Waals surface area contributed by atoms with Crippen LogP contribution in [0.2, 0.25) is 0 Å². The van der Waals surface area contributed by atoms with Gasteiger partial charge in [-0.25, -0.2) is 13.4 Å². The summed E-state index contributed by atoms with van der Waals surface area (Å²) in [4.78, 5) is 25.1. The molecule has 2 aromatic heterocycles. The third-order valence-corrected chi connectivity index (χ3v) is 10.1. The van der Waals surface area contributed by atoms with Gasteiger partial charge in [-0.3, -0.25) is 14.7 Å². The lowest BCUT2D eigenvalue weighted by Gasteiger charge is -2.33. The van der Waals surface area contributed by atoms with Crippen LogP contribution < -0.4 is 9.64 Å². The lowest BCUT2D eigenvalue weighted by atomic mass is 9.96. The molecule has 1 aliphatic rings. The van der Waals surface area contributed by atoms with Crippen molar-refractivity contribution in [2.24, 2.45) is 5.92 Å². The molecule has 1 amide bonds. The Morgan fingerprint density at radius 3 is 2.49 bits per heavy atom. The molecule has 39 heavy (non-hydrogen) atoms. The number of para-hydroxylation sites is 1. The topological polar surface area (TPSA) is 92.7 Å². The highest BCUT2D eigenvalue weighted by Crippen LogP contribution is 2.36. The lowest BCUT2D eigenvalue weighted by Crippen LogP contribution is -2.44. The minimum atomic E-state index is -3.65. The van der Waals surface area contributed by atoms with Crippen molar-refractivity contribution < 1.29 is 17.9 Å². The van der Waals surface area contributed by atoms with Gasteiger partial charge in [-0.15, -0.1) is 0 Å². The summed E-state index contributed by atoms with van der Waals surface area (Å²) in [6.07, 6.45) is 4.36. The van der Waals surface area contributed by atoms with Crippen LogP contribution >= 0.6 is 11.3 Å². The first-order chi connectivity index (χ1) is 18.8. The molecular formula is C29H32N4O4S2. The van der Waals surface area contributed by atoms with E-state index in [4.69, 9.17) is 9.72 Å². The molecule has 204 valence electrons. The second kappa shape index (κ2) is 11.4. The molecule has 0 bridgehead atoms. The van der Waals surface area contributed by atoms with E-state index in [2.05, 4.69) is 24.9 Å². The molecule has 0 saturated carbocycles. The normalized spacial score (nSPS) is 15.1. The molecular weight excluding hydrogens is 532 g/mol. The first kappa shape index (κ1) is 27.2. The molecule has 0 unspecified atom stereocenters. The molecule has 0 aliphatic carbocycles. The zero-order valence-corrected chi connectivity index (χ0v) is 23.9. The fourth-order valence-corrected chi connectivity index (χ4v) is 7.39. The van der Waals surface area contributed by atoms with E-state index in [9.17, 15) is 13.2 Å². The molecule has 1 aliphatic heterocycles. The summed E-state index contributed by atoms with van der Waals surface area (Å²) in [7, 11) is -2.11. The largest absolute Gasteiger partial charge is 0.497 e. The Labute approximate surface area is 233 Å². The fourth-order valence-electron chi connectivity index (χ4n) is 4.91. The highest BCUT2D eigenvalue weighted by molar-refractivity contribution is 7.89. The zero-order chi connectivity index (χ0) is 27.6. The lowest BCUT2D eigenvalue weighted by molar-refractivity contribution is -0.123. The van der Waals surface area contributed by atoms with E-state index >= 15 is 0 Å². The number of amides is 1. The van der Waals surface area contributed by atoms with Gasteiger partial charge in [-0.2, -0.15) is 4.31 Å². The van der Waals surface area contributed by atoms with Crippen LogP contribution in [0.5, 0.6) is 5.75 Å². The van der Waals surface area contributed by atoms with Crippen molar-refractivity contribution in [1.82, 2.24) is 14.3 Å². The second-order valence-electron chi connectivity index (χ2n) is 9.98. The number of benzene rings is 2. The summed E-state index contributed by atoms with van der Waals surface area (Å²) in [6, 6.07) is 16.4. The van der Waals surface area contributed by atoms with Crippen molar-refractivity contribution in [3.05, 3.63) is 78.1 Å². The number of thiazole rings is 1. The molecule has 10 heteroatoms. The molecule has 0 spiro atoms. The first-order valence-electron chi connectivity index (χ1n) is 13.0. The van der Waals surface area contributed by atoms with Gasteiger partial charge in [-0.1, -0.05) is 43.4 Å². The molecule has 2 aromatic carbocycles. The number of anilines is 1. The molecule has 5 rings (SSSR count). The Balaban J connectivity index is 1.38. The monoisotopic (exact) mass is 564 g/mol. The average Bonchev–Trinajstić information content (AvgIpc) is 3.40. The van der Waals surface area contributed by atoms with E-state index in [-0.39, 0.29) is 29.8 Å². The standard InChI is InChI=1S/C29H32N4O4S2/c1-20(2)25-7-4-8-26-27(25)31-29(38-26)33(19-21-6-5-15-30-18-21)28(34)22-13-16-32(17-14-22)39(35,36)24-11-9-23(37-3)10-12-24/h4-12,15,18,20,22H,13-14,16-17,19H2,1-3H3. The van der Waals surface area contributed by atoms with Crippen LogP contribution in [-0.2, 0) is 21.4 Å². The van der Waals surface area contributed by atoms with Crippen molar-refractivity contribution >= 4 is 42.6 Å². The van der Waals surface area contributed by atoms with Crippen LogP contribution in [0, 0.1) is 5.92 Å². The van der Waals surface area contributed by atoms with E-state index < -0.39 is 10.0 Å². The summed E-state index contributed by atoms with van der Waals surface area (Å²) in [6.45, 7) is 5.19. The Kier molecular flexibility index (Phi) is 7.97. The molecule has 1 saturated heterocycles. The van der Waals surface area contributed by atoms with Crippen LogP contribution in [-0.4, -0.2) is 48.8 Å². The molecule has 8 nitrogen and oxygen atoms in total. The highest BCUT2D eigenvalue weighted by atomic mass is 32.2. The minimum absolute atomic E-state index is 0.0366. The van der Waals surface area contributed by atoms with E-state index in [0.717, 1.165) is 21.3 Å². The Morgan fingerprint density at radius 2 is 1.85 bits per heavy atom. The predicted octanol–water partition coefficient (Wildman–Crippen LogP) is 5.46. The molecule has 0 radical (unpaired) electrons. The van der Waals surface area contributed by atoms with Gasteiger partial charge in [0.05, 0.1) is 28.8 Å². The quantitative estimate of drug-likeness (QED) is 0.282. The summed E-state index contributed by atoms with van der Waals surface area (Å²) in [5.41, 5.74) is 2.99. The zero-order valence-electron chi connectivity index (χ0n) is 22.3. The van der Waals surface area contributed by atoms with Gasteiger partial charge < -0.3 is 4.74 Å². The number of carbonyl (C=O) groups is 1. The summed E-state index contributed by atoms with van der Waals surface area (Å²) in [5.74, 6) is 0.566. The van der Waals surface area contributed by atoms with Crippen LogP contribution in [0.15, 0.2) is 71.9 Å². The molecule has 4 aromatic rings. The minimum Gasteiger partial charge on any atom is -0.497 e. The van der Waals surface area contributed by atoms with Gasteiger partial charge >= 0.3 is 0 Å². The van der Waals surface area contributed by atoms with Crippen LogP contribution in [0.4, 0.5) is 5.13 Å². The van der Waals surface area contributed by atoms with Crippen molar-refractivity contribution in [2.45, 2.75) is 44.0 Å². The van der Waals surface area contributed by atoms with Crippen molar-refractivity contribution in [2.75, 3.05) is 25.1 Å². The number of ether oxygens (including phenoxy) is 1. The first-order valence-corrected chi connectivity index (χ1v) is 15.3. The van der Waals surface area contributed by atoms with Gasteiger partial charge in [0.25, 0.3) is 0 Å². The van der Waals surface area contributed by atoms with Gasteiger partial charge in [0.1, 0.15) is 5.75 Å². The van der Waals surface area contributed by atoms with E-state index in [1.54, 1.807) is 48.7 Å². The Morgan fingerprint density at radius 1 is 1.10 bits per heavy atom. The fraction of sp³-hybridized carbons (Fsp3) is 0.345. The van der Waals surface area contributed by atoms with Crippen LogP contribution in [0.1, 0.15) is 43.7 Å². The van der Waals surface area contributed by atoms with Crippen LogP contribution in [0.3, 0.4) is 0 Å². The molecule has 0 N–H and O–H groups in total. The average molecular weight is 565 g/mol. The van der Waals surface area contributed by atoms with Gasteiger partial charge in [0.15, 0.2) is 5.13 Å². The molecule has 1 fully saturated rings. The third kappa shape index (κ3) is 5.68. The van der Waals surface area contributed by atoms with Crippen LogP contribution in [0.25, 0.3) is 10.2 Å². The number of aromatic nitrogens is 2. The number of pyridine rings is 1. The van der Waals surface area contributed by atoms with Crippen molar-refractivity contribution in [3.63, 3.8) is 0 Å².